The van der Waals surface area contributed by atoms with E-state index in [1.165, 1.54) is 26.0 Å². The molecule has 0 aliphatic rings. The molecule has 0 saturated carbocycles. The summed E-state index contributed by atoms with van der Waals surface area (Å²) in [5.74, 6) is -1.70. The Labute approximate surface area is 111 Å². The summed E-state index contributed by atoms with van der Waals surface area (Å²) in [5, 5.41) is 11.7. The maximum Gasteiger partial charge on any atom is 0.309 e. The highest BCUT2D eigenvalue weighted by Gasteiger charge is 2.30. The van der Waals surface area contributed by atoms with Crippen molar-refractivity contribution >= 4 is 11.9 Å². The van der Waals surface area contributed by atoms with Crippen LogP contribution in [0.5, 0.6) is 0 Å². The molecule has 0 heterocycles. The molecule has 0 aliphatic carbocycles. The monoisotopic (exact) mass is 267 g/mol. The number of nitrogens with one attached hydrogen (secondary N) is 1. The van der Waals surface area contributed by atoms with E-state index in [1.807, 2.05) is 0 Å². The lowest BCUT2D eigenvalue weighted by Gasteiger charge is -2.20. The van der Waals surface area contributed by atoms with Crippen molar-refractivity contribution in [3.8, 4) is 0 Å². The van der Waals surface area contributed by atoms with Crippen molar-refractivity contribution in [3.63, 3.8) is 0 Å². The molecule has 5 heteroatoms. The summed E-state index contributed by atoms with van der Waals surface area (Å²) in [7, 11) is 0. The Morgan fingerprint density at radius 3 is 2.32 bits per heavy atom. The highest BCUT2D eigenvalue weighted by Crippen LogP contribution is 2.21. The van der Waals surface area contributed by atoms with Gasteiger partial charge in [0.2, 0.25) is 5.91 Å². The summed E-state index contributed by atoms with van der Waals surface area (Å²) >= 11 is 0. The van der Waals surface area contributed by atoms with Gasteiger partial charge in [0.15, 0.2) is 0 Å². The van der Waals surface area contributed by atoms with E-state index >= 15 is 0 Å². The van der Waals surface area contributed by atoms with Crippen LogP contribution in [0.2, 0.25) is 0 Å². The zero-order valence-electron chi connectivity index (χ0n) is 11.2. The first kappa shape index (κ1) is 15.1. The summed E-state index contributed by atoms with van der Waals surface area (Å²) < 4.78 is 12.8. The molecular formula is C14H18FNO3. The van der Waals surface area contributed by atoms with E-state index < -0.39 is 11.4 Å². The van der Waals surface area contributed by atoms with Crippen molar-refractivity contribution in [1.82, 2.24) is 5.32 Å². The standard InChI is InChI=1S/C14H18FNO3/c1-9(10-4-6-11(15)7-5-10)16-12(17)8-14(2,3)13(18)19/h4-7,9H,8H2,1-3H3,(H,16,17)(H,18,19)/t9-/m0/s1. The average Bonchev–Trinajstić information content (AvgIpc) is 2.28. The van der Waals surface area contributed by atoms with Gasteiger partial charge in [-0.15, -0.1) is 0 Å². The molecule has 0 aliphatic heterocycles. The second-order valence-electron chi connectivity index (χ2n) is 5.21. The number of halogens is 1. The minimum atomic E-state index is -1.10. The van der Waals surface area contributed by atoms with Gasteiger partial charge in [-0.1, -0.05) is 12.1 Å². The molecule has 0 spiro atoms. The highest BCUT2D eigenvalue weighted by atomic mass is 19.1. The number of carboxylic acids is 1. The maximum atomic E-state index is 12.8. The minimum Gasteiger partial charge on any atom is -0.481 e. The number of benzene rings is 1. The number of amides is 1. The third-order valence-electron chi connectivity index (χ3n) is 2.93. The fourth-order valence-electron chi connectivity index (χ4n) is 1.60. The first-order chi connectivity index (χ1) is 8.72. The molecule has 19 heavy (non-hydrogen) atoms. The predicted octanol–water partition coefficient (Wildman–Crippen LogP) is 2.50. The SMILES string of the molecule is C[C@H](NC(=O)CC(C)(C)C(=O)O)c1ccc(F)cc1. The van der Waals surface area contributed by atoms with Gasteiger partial charge in [-0.2, -0.15) is 0 Å². The van der Waals surface area contributed by atoms with E-state index in [1.54, 1.807) is 19.1 Å². The van der Waals surface area contributed by atoms with Crippen LogP contribution in [0.1, 0.15) is 38.8 Å². The lowest BCUT2D eigenvalue weighted by Crippen LogP contribution is -2.34. The largest absolute Gasteiger partial charge is 0.481 e. The van der Waals surface area contributed by atoms with E-state index in [4.69, 9.17) is 5.11 Å². The van der Waals surface area contributed by atoms with Gasteiger partial charge in [-0.25, -0.2) is 4.39 Å². The summed E-state index contributed by atoms with van der Waals surface area (Å²) in [6.45, 7) is 4.76. The Morgan fingerprint density at radius 2 is 1.84 bits per heavy atom. The van der Waals surface area contributed by atoms with Gasteiger partial charge in [0.25, 0.3) is 0 Å². The number of carboxylic acid groups (broad SMARTS) is 1. The van der Waals surface area contributed by atoms with Gasteiger partial charge in [-0.3, -0.25) is 9.59 Å². The summed E-state index contributed by atoms with van der Waals surface area (Å²) in [6.07, 6.45) is -0.103. The highest BCUT2D eigenvalue weighted by molar-refractivity contribution is 5.84. The Balaban J connectivity index is 2.62. The maximum absolute atomic E-state index is 12.8. The molecule has 0 aromatic heterocycles. The van der Waals surface area contributed by atoms with E-state index in [0.29, 0.717) is 0 Å². The van der Waals surface area contributed by atoms with E-state index in [-0.39, 0.29) is 24.2 Å². The Morgan fingerprint density at radius 1 is 1.32 bits per heavy atom. The molecular weight excluding hydrogens is 249 g/mol. The van der Waals surface area contributed by atoms with Gasteiger partial charge in [-0.05, 0) is 38.5 Å². The zero-order chi connectivity index (χ0) is 14.6. The van der Waals surface area contributed by atoms with Gasteiger partial charge < -0.3 is 10.4 Å². The molecule has 4 nitrogen and oxygen atoms in total. The van der Waals surface area contributed by atoms with Crippen molar-refractivity contribution in [1.29, 1.82) is 0 Å². The second kappa shape index (κ2) is 5.82. The second-order valence-corrected chi connectivity index (χ2v) is 5.21. The number of hydrogen-bond donors (Lipinski definition) is 2. The van der Waals surface area contributed by atoms with Crippen LogP contribution in [0.15, 0.2) is 24.3 Å². The number of carbonyl (C=O) groups excluding carboxylic acids is 1. The number of hydrogen-bond acceptors (Lipinski definition) is 2. The molecule has 1 atom stereocenters. The van der Waals surface area contributed by atoms with Crippen LogP contribution < -0.4 is 5.32 Å². The van der Waals surface area contributed by atoms with Crippen LogP contribution >= 0.6 is 0 Å². The van der Waals surface area contributed by atoms with Crippen LogP contribution in [0.4, 0.5) is 4.39 Å². The topological polar surface area (TPSA) is 66.4 Å². The summed E-state index contributed by atoms with van der Waals surface area (Å²) in [6, 6.07) is 5.52. The molecule has 0 radical (unpaired) electrons. The number of carbonyl (C=O) groups is 2. The molecule has 0 bridgehead atoms. The lowest BCUT2D eigenvalue weighted by molar-refractivity contribution is -0.149. The Hall–Kier alpha value is -1.91. The van der Waals surface area contributed by atoms with Crippen molar-refractivity contribution < 1.29 is 19.1 Å². The molecule has 0 saturated heterocycles. The molecule has 1 aromatic rings. The smallest absolute Gasteiger partial charge is 0.309 e. The fraction of sp³-hybridized carbons (Fsp3) is 0.429. The van der Waals surface area contributed by atoms with Gasteiger partial charge >= 0.3 is 5.97 Å². The molecule has 1 aromatic carbocycles. The normalized spacial score (nSPS) is 12.8. The molecule has 0 fully saturated rings. The third-order valence-corrected chi connectivity index (χ3v) is 2.93. The quantitative estimate of drug-likeness (QED) is 0.861. The number of aliphatic carboxylic acids is 1. The molecule has 1 rings (SSSR count). The van der Waals surface area contributed by atoms with Crippen molar-refractivity contribution in [2.45, 2.75) is 33.2 Å². The number of rotatable bonds is 5. The first-order valence-corrected chi connectivity index (χ1v) is 6.00. The molecule has 104 valence electrons. The average molecular weight is 267 g/mol. The van der Waals surface area contributed by atoms with Crippen LogP contribution in [0, 0.1) is 11.2 Å². The van der Waals surface area contributed by atoms with E-state index in [2.05, 4.69) is 5.32 Å². The van der Waals surface area contributed by atoms with Crippen LogP contribution in [0.25, 0.3) is 0 Å². The third kappa shape index (κ3) is 4.35. The predicted molar refractivity (Wildman–Crippen MR) is 69.0 cm³/mol. The van der Waals surface area contributed by atoms with Crippen LogP contribution in [0.3, 0.4) is 0 Å². The van der Waals surface area contributed by atoms with Crippen molar-refractivity contribution in [2.75, 3.05) is 0 Å². The van der Waals surface area contributed by atoms with Gasteiger partial charge in [0.1, 0.15) is 5.82 Å². The Bertz CT molecular complexity index is 468. The fourth-order valence-corrected chi connectivity index (χ4v) is 1.60. The minimum absolute atomic E-state index is 0.103. The Kier molecular flexibility index (Phi) is 4.64. The first-order valence-electron chi connectivity index (χ1n) is 6.00. The summed E-state index contributed by atoms with van der Waals surface area (Å²) in [5.41, 5.74) is -0.338. The van der Waals surface area contributed by atoms with E-state index in [9.17, 15) is 14.0 Å². The molecule has 2 N–H and O–H groups in total. The van der Waals surface area contributed by atoms with Crippen molar-refractivity contribution in [3.05, 3.63) is 35.6 Å². The molecule has 0 unspecified atom stereocenters. The molecule has 1 amide bonds. The van der Waals surface area contributed by atoms with Crippen molar-refractivity contribution in [2.24, 2.45) is 5.41 Å². The van der Waals surface area contributed by atoms with Gasteiger partial charge in [0, 0.05) is 6.42 Å². The van der Waals surface area contributed by atoms with E-state index in [0.717, 1.165) is 5.56 Å². The van der Waals surface area contributed by atoms with Crippen LogP contribution in [-0.4, -0.2) is 17.0 Å². The lowest BCUT2D eigenvalue weighted by atomic mass is 9.89. The summed E-state index contributed by atoms with van der Waals surface area (Å²) in [4.78, 5) is 22.7. The van der Waals surface area contributed by atoms with Crippen LogP contribution in [-0.2, 0) is 9.59 Å². The van der Waals surface area contributed by atoms with Gasteiger partial charge in [0.05, 0.1) is 11.5 Å². The zero-order valence-corrected chi connectivity index (χ0v) is 11.2.